The predicted molar refractivity (Wildman–Crippen MR) is 40.2 cm³/mol. The Kier molecular flexibility index (Phi) is 7.39. The molecule has 0 aromatic rings. The minimum Gasteiger partial charge on any atom is -0.427 e. The van der Waals surface area contributed by atoms with Gasteiger partial charge in [-0.15, -0.1) is 11.6 Å². The lowest BCUT2D eigenvalue weighted by Crippen LogP contribution is -1.88. The van der Waals surface area contributed by atoms with Crippen LogP contribution in [0.2, 0.25) is 6.04 Å². The second kappa shape index (κ2) is 7.21. The van der Waals surface area contributed by atoms with E-state index in [1.807, 2.05) is 6.08 Å². The van der Waals surface area contributed by atoms with E-state index in [9.17, 15) is 0 Å². The maximum atomic E-state index is 5.37. The van der Waals surface area contributed by atoms with Gasteiger partial charge in [0.15, 0.2) is 9.76 Å². The van der Waals surface area contributed by atoms with E-state index in [1.165, 1.54) is 0 Å². The maximum absolute atomic E-state index is 5.37. The van der Waals surface area contributed by atoms with Gasteiger partial charge in [-0.2, -0.15) is 0 Å². The van der Waals surface area contributed by atoms with Crippen LogP contribution in [0.5, 0.6) is 0 Å². The van der Waals surface area contributed by atoms with Gasteiger partial charge >= 0.3 is 0 Å². The van der Waals surface area contributed by atoms with Crippen LogP contribution < -0.4 is 0 Å². The number of hydrogen-bond acceptors (Lipinski definition) is 1. The summed E-state index contributed by atoms with van der Waals surface area (Å²) in [7, 11) is 1.51. The SMILES string of the molecule is CO[SiH2]CC=CCCl. The van der Waals surface area contributed by atoms with Crippen molar-refractivity contribution in [2.75, 3.05) is 13.0 Å². The topological polar surface area (TPSA) is 9.23 Å². The van der Waals surface area contributed by atoms with Gasteiger partial charge in [-0.3, -0.25) is 0 Å². The van der Waals surface area contributed by atoms with Crippen LogP contribution in [0.25, 0.3) is 0 Å². The van der Waals surface area contributed by atoms with Gasteiger partial charge in [0, 0.05) is 13.0 Å². The van der Waals surface area contributed by atoms with E-state index in [-0.39, 0.29) is 9.76 Å². The first kappa shape index (κ1) is 8.21. The fourth-order valence-corrected chi connectivity index (χ4v) is 1.10. The molecule has 3 heteroatoms. The Labute approximate surface area is 57.6 Å². The summed E-state index contributed by atoms with van der Waals surface area (Å²) in [6, 6.07) is 1.10. The summed E-state index contributed by atoms with van der Waals surface area (Å²) in [5, 5.41) is 0. The number of alkyl halides is 1. The van der Waals surface area contributed by atoms with Crippen molar-refractivity contribution in [3.05, 3.63) is 12.2 Å². The molecule has 0 aliphatic heterocycles. The number of halogens is 1. The molecule has 1 nitrogen and oxygen atoms in total. The van der Waals surface area contributed by atoms with Crippen LogP contribution in [-0.2, 0) is 4.43 Å². The fraction of sp³-hybridized carbons (Fsp3) is 0.600. The minimum atomic E-state index is -0.244. The second-order valence-electron chi connectivity index (χ2n) is 1.41. The van der Waals surface area contributed by atoms with Gasteiger partial charge < -0.3 is 4.43 Å². The van der Waals surface area contributed by atoms with E-state index >= 15 is 0 Å². The maximum Gasteiger partial charge on any atom is 0.164 e. The highest BCUT2D eigenvalue weighted by molar-refractivity contribution is 6.27. The number of allylic oxidation sites excluding steroid dienone is 2. The van der Waals surface area contributed by atoms with Crippen LogP contribution in [0, 0.1) is 0 Å². The summed E-state index contributed by atoms with van der Waals surface area (Å²) in [5.74, 6) is 0.623. The van der Waals surface area contributed by atoms with E-state index in [1.54, 1.807) is 7.11 Å². The van der Waals surface area contributed by atoms with Crippen molar-refractivity contribution in [1.29, 1.82) is 0 Å². The fourth-order valence-electron chi connectivity index (χ4n) is 0.367. The van der Waals surface area contributed by atoms with Crippen LogP contribution in [-0.4, -0.2) is 22.8 Å². The Bertz CT molecular complexity index is 65.4. The lowest BCUT2D eigenvalue weighted by Gasteiger charge is -1.87. The Morgan fingerprint density at radius 1 is 1.62 bits per heavy atom. The standard InChI is InChI=1S/C5H11ClOSi/c1-7-8-5-3-2-4-6/h2-3H,4-5,8H2,1H3. The Balaban J connectivity index is 2.80. The Hall–Kier alpha value is 0.207. The first-order valence-electron chi connectivity index (χ1n) is 2.61. The zero-order valence-electron chi connectivity index (χ0n) is 5.06. The van der Waals surface area contributed by atoms with Crippen LogP contribution >= 0.6 is 11.6 Å². The molecule has 0 aromatic carbocycles. The molecule has 0 atom stereocenters. The van der Waals surface area contributed by atoms with E-state index in [2.05, 4.69) is 6.08 Å². The predicted octanol–water partition coefficient (Wildman–Crippen LogP) is 0.930. The van der Waals surface area contributed by atoms with Crippen LogP contribution in [0.3, 0.4) is 0 Å². The Morgan fingerprint density at radius 3 is 2.88 bits per heavy atom. The van der Waals surface area contributed by atoms with Crippen molar-refractivity contribution < 1.29 is 4.43 Å². The second-order valence-corrected chi connectivity index (χ2v) is 3.28. The van der Waals surface area contributed by atoms with Crippen LogP contribution in [0.1, 0.15) is 0 Å². The van der Waals surface area contributed by atoms with Crippen molar-refractivity contribution in [2.45, 2.75) is 6.04 Å². The highest BCUT2D eigenvalue weighted by Crippen LogP contribution is 1.83. The average Bonchev–Trinajstić information content (AvgIpc) is 1.81. The van der Waals surface area contributed by atoms with Gasteiger partial charge in [-0.25, -0.2) is 0 Å². The molecule has 0 radical (unpaired) electrons. The molecule has 0 fully saturated rings. The van der Waals surface area contributed by atoms with E-state index in [4.69, 9.17) is 16.0 Å². The summed E-state index contributed by atoms with van der Waals surface area (Å²) < 4.78 is 4.93. The first-order valence-corrected chi connectivity index (χ1v) is 4.73. The van der Waals surface area contributed by atoms with Gasteiger partial charge in [-0.1, -0.05) is 12.2 Å². The third-order valence-electron chi connectivity index (χ3n) is 0.744. The molecule has 0 aliphatic carbocycles. The van der Waals surface area contributed by atoms with Gasteiger partial charge in [0.1, 0.15) is 0 Å². The average molecular weight is 151 g/mol. The van der Waals surface area contributed by atoms with Crippen molar-refractivity contribution in [3.8, 4) is 0 Å². The first-order chi connectivity index (χ1) is 3.91. The quantitative estimate of drug-likeness (QED) is 0.251. The molecule has 0 aliphatic rings. The molecule has 8 heavy (non-hydrogen) atoms. The summed E-state index contributed by atoms with van der Waals surface area (Å²) in [5.41, 5.74) is 0. The molecule has 0 amide bonds. The smallest absolute Gasteiger partial charge is 0.164 e. The van der Waals surface area contributed by atoms with Crippen molar-refractivity contribution in [3.63, 3.8) is 0 Å². The number of rotatable bonds is 4. The normalized spacial score (nSPS) is 12.2. The molecular weight excluding hydrogens is 140 g/mol. The van der Waals surface area contributed by atoms with E-state index < -0.39 is 0 Å². The zero-order valence-corrected chi connectivity index (χ0v) is 7.23. The summed E-state index contributed by atoms with van der Waals surface area (Å²) in [6.45, 7) is 0. The van der Waals surface area contributed by atoms with Gasteiger partial charge in [-0.05, 0) is 6.04 Å². The van der Waals surface area contributed by atoms with E-state index in [0.29, 0.717) is 5.88 Å². The van der Waals surface area contributed by atoms with Gasteiger partial charge in [0.2, 0.25) is 0 Å². The highest BCUT2D eigenvalue weighted by Gasteiger charge is 1.76. The molecule has 48 valence electrons. The molecule has 0 unspecified atom stereocenters. The molecule has 0 bridgehead atoms. The molecule has 0 N–H and O–H groups in total. The summed E-state index contributed by atoms with van der Waals surface area (Å²) in [6.07, 6.45) is 4.02. The minimum absolute atomic E-state index is 0.244. The molecule has 0 heterocycles. The van der Waals surface area contributed by atoms with Crippen LogP contribution in [0.15, 0.2) is 12.2 Å². The highest BCUT2D eigenvalue weighted by atomic mass is 35.5. The lowest BCUT2D eigenvalue weighted by molar-refractivity contribution is 0.443. The zero-order chi connectivity index (χ0) is 6.24. The molecule has 0 aromatic heterocycles. The molecule has 0 saturated carbocycles. The van der Waals surface area contributed by atoms with Gasteiger partial charge in [0.25, 0.3) is 0 Å². The van der Waals surface area contributed by atoms with Crippen molar-refractivity contribution in [1.82, 2.24) is 0 Å². The molecule has 0 rings (SSSR count). The third-order valence-corrected chi connectivity index (χ3v) is 1.90. The summed E-state index contributed by atoms with van der Waals surface area (Å²) in [4.78, 5) is 0. The lowest BCUT2D eigenvalue weighted by atomic mass is 10.6. The monoisotopic (exact) mass is 150 g/mol. The Morgan fingerprint density at radius 2 is 2.38 bits per heavy atom. The third kappa shape index (κ3) is 6.21. The molecule has 0 spiro atoms. The van der Waals surface area contributed by atoms with E-state index in [0.717, 1.165) is 6.04 Å². The molecule has 0 saturated heterocycles. The van der Waals surface area contributed by atoms with Gasteiger partial charge in [0.05, 0.1) is 0 Å². The van der Waals surface area contributed by atoms with Crippen molar-refractivity contribution in [2.24, 2.45) is 0 Å². The van der Waals surface area contributed by atoms with Crippen LogP contribution in [0.4, 0.5) is 0 Å². The number of hydrogen-bond donors (Lipinski definition) is 0. The summed E-state index contributed by atoms with van der Waals surface area (Å²) >= 11 is 5.37. The largest absolute Gasteiger partial charge is 0.427 e. The molecular formula is C5H11ClOSi. The van der Waals surface area contributed by atoms with Crippen molar-refractivity contribution >= 4 is 21.4 Å².